The minimum atomic E-state index is -1.10. The lowest BCUT2D eigenvalue weighted by atomic mass is 9.53. The average molecular weight is 110 g/mol. The van der Waals surface area contributed by atoms with Gasteiger partial charge in [-0.3, -0.25) is 0 Å². The van der Waals surface area contributed by atoms with Crippen LogP contribution in [0, 0.1) is 0 Å². The highest BCUT2D eigenvalue weighted by Gasteiger charge is 2.13. The predicted molar refractivity (Wildman–Crippen MR) is 33.0 cm³/mol. The highest BCUT2D eigenvalue weighted by molar-refractivity contribution is 6.39. The number of hydrogen-bond donors (Lipinski definition) is 2. The lowest BCUT2D eigenvalue weighted by molar-refractivity contribution is 0.229. The molecule has 0 aliphatic heterocycles. The number of hydrogen-bond acceptors (Lipinski definition) is 2. The van der Waals surface area contributed by atoms with E-state index in [-0.39, 0.29) is 19.6 Å². The van der Waals surface area contributed by atoms with Gasteiger partial charge in [-0.25, -0.2) is 0 Å². The van der Waals surface area contributed by atoms with Gasteiger partial charge >= 0.3 is 0 Å². The van der Waals surface area contributed by atoms with Gasteiger partial charge in [0, 0.05) is 13.2 Å². The van der Waals surface area contributed by atoms with Crippen LogP contribution in [0.25, 0.3) is 0 Å². The van der Waals surface area contributed by atoms with Crippen LogP contribution in [-0.2, 0) is 0 Å². The van der Waals surface area contributed by atoms with Gasteiger partial charge in [0.15, 0.2) is 0 Å². The molecule has 0 aromatic heterocycles. The van der Waals surface area contributed by atoms with Gasteiger partial charge in [-0.1, -0.05) is 5.21 Å². The van der Waals surface area contributed by atoms with Crippen LogP contribution in [0.1, 0.15) is 6.42 Å². The van der Waals surface area contributed by atoms with Crippen LogP contribution in [0.4, 0.5) is 0 Å². The Labute approximate surface area is 51.7 Å². The Kier molecular flexibility index (Phi) is 3.17. The first kappa shape index (κ1) is 8.05. The molecule has 4 radical (unpaired) electrons. The Morgan fingerprint density at radius 1 is 1.25 bits per heavy atom. The summed E-state index contributed by atoms with van der Waals surface area (Å²) in [6.45, 7) is -0.388. The molecule has 0 aliphatic carbocycles. The third kappa shape index (κ3) is 3.10. The van der Waals surface area contributed by atoms with Crippen molar-refractivity contribution in [3.8, 4) is 0 Å². The normalized spacial score (nSPS) is 11.8. The Balaban J connectivity index is 3.37. The molecule has 0 saturated carbocycles. The lowest BCUT2D eigenvalue weighted by Gasteiger charge is -2.19. The van der Waals surface area contributed by atoms with Crippen LogP contribution >= 0.6 is 0 Å². The minimum Gasteiger partial charge on any atom is -0.397 e. The van der Waals surface area contributed by atoms with Gasteiger partial charge in [-0.05, 0) is 6.42 Å². The molecule has 0 bridgehead atoms. The van der Waals surface area contributed by atoms with Crippen LogP contribution in [0.3, 0.4) is 0 Å². The van der Waals surface area contributed by atoms with Crippen molar-refractivity contribution >= 4 is 15.7 Å². The van der Waals surface area contributed by atoms with Crippen molar-refractivity contribution < 1.29 is 10.2 Å². The van der Waals surface area contributed by atoms with Crippen LogP contribution < -0.4 is 0 Å². The summed E-state index contributed by atoms with van der Waals surface area (Å²) in [5.74, 6) is 0. The van der Waals surface area contributed by atoms with E-state index in [2.05, 4.69) is 0 Å². The highest BCUT2D eigenvalue weighted by Crippen LogP contribution is 2.17. The first-order valence-corrected chi connectivity index (χ1v) is 2.42. The van der Waals surface area contributed by atoms with Crippen molar-refractivity contribution in [3.05, 3.63) is 0 Å². The fourth-order valence-corrected chi connectivity index (χ4v) is 0.287. The van der Waals surface area contributed by atoms with Crippen molar-refractivity contribution in [2.45, 2.75) is 11.6 Å². The molecule has 0 unspecified atom stereocenters. The van der Waals surface area contributed by atoms with E-state index in [9.17, 15) is 0 Å². The summed E-state index contributed by atoms with van der Waals surface area (Å²) >= 11 is 0. The summed E-state index contributed by atoms with van der Waals surface area (Å²) < 4.78 is 0. The summed E-state index contributed by atoms with van der Waals surface area (Å²) in [6.07, 6.45) is 0.226. The van der Waals surface area contributed by atoms with E-state index in [4.69, 9.17) is 25.9 Å². The second-order valence-corrected chi connectivity index (χ2v) is 1.86. The lowest BCUT2D eigenvalue weighted by Crippen LogP contribution is -2.19. The molecule has 42 valence electrons. The minimum absolute atomic E-state index is 0.0897. The topological polar surface area (TPSA) is 40.5 Å². The van der Waals surface area contributed by atoms with Crippen molar-refractivity contribution in [3.63, 3.8) is 0 Å². The van der Waals surface area contributed by atoms with E-state index in [1.807, 2.05) is 0 Å². The fraction of sp³-hybridized carbons (Fsp3) is 1.00. The van der Waals surface area contributed by atoms with Gasteiger partial charge in [0.1, 0.15) is 0 Å². The quantitative estimate of drug-likeness (QED) is 0.448. The molecule has 0 heterocycles. The van der Waals surface area contributed by atoms with Gasteiger partial charge in [0.2, 0.25) is 0 Å². The second-order valence-electron chi connectivity index (χ2n) is 1.86. The third-order valence-electron chi connectivity index (χ3n) is 0.872. The van der Waals surface area contributed by atoms with E-state index in [1.54, 1.807) is 0 Å². The summed E-state index contributed by atoms with van der Waals surface area (Å²) in [5, 5.41) is 15.5. The van der Waals surface area contributed by atoms with E-state index >= 15 is 0 Å². The van der Waals surface area contributed by atoms with Gasteiger partial charge < -0.3 is 10.2 Å². The van der Waals surface area contributed by atoms with Crippen molar-refractivity contribution in [2.24, 2.45) is 0 Å². The molecule has 0 amide bonds. The molecule has 0 aliphatic rings. The molecule has 8 heavy (non-hydrogen) atoms. The molecule has 4 heteroatoms. The Bertz CT molecular complexity index is 65.1. The SMILES string of the molecule is [B]C([B])(CO)CCO. The monoisotopic (exact) mass is 110 g/mol. The zero-order chi connectivity index (χ0) is 6.62. The molecule has 2 nitrogen and oxygen atoms in total. The highest BCUT2D eigenvalue weighted by atomic mass is 16.3. The summed E-state index contributed by atoms with van der Waals surface area (Å²) in [7, 11) is 10.4. The van der Waals surface area contributed by atoms with Crippen LogP contribution in [0.2, 0.25) is 5.21 Å². The maximum atomic E-state index is 8.36. The number of aliphatic hydroxyl groups excluding tert-OH is 2. The van der Waals surface area contributed by atoms with E-state index in [0.29, 0.717) is 0 Å². The molecule has 0 aromatic rings. The van der Waals surface area contributed by atoms with Gasteiger partial charge in [-0.15, -0.1) is 0 Å². The summed E-state index contributed by atoms with van der Waals surface area (Å²) in [6, 6.07) is 0. The van der Waals surface area contributed by atoms with Crippen LogP contribution in [0.5, 0.6) is 0 Å². The molecule has 0 aromatic carbocycles. The average Bonchev–Trinajstić information content (AvgIpc) is 1.67. The smallest absolute Gasteiger partial charge is 0.0652 e. The largest absolute Gasteiger partial charge is 0.397 e. The van der Waals surface area contributed by atoms with Crippen molar-refractivity contribution in [1.29, 1.82) is 0 Å². The van der Waals surface area contributed by atoms with Gasteiger partial charge in [0.05, 0.1) is 15.7 Å². The first-order valence-electron chi connectivity index (χ1n) is 2.42. The van der Waals surface area contributed by atoms with E-state index in [0.717, 1.165) is 0 Å². The first-order chi connectivity index (χ1) is 3.62. The maximum absolute atomic E-state index is 8.36. The summed E-state index contributed by atoms with van der Waals surface area (Å²) in [4.78, 5) is 0. The Morgan fingerprint density at radius 2 is 1.75 bits per heavy atom. The maximum Gasteiger partial charge on any atom is 0.0652 e. The van der Waals surface area contributed by atoms with E-state index in [1.165, 1.54) is 0 Å². The number of rotatable bonds is 3. The fourth-order valence-electron chi connectivity index (χ4n) is 0.287. The number of aliphatic hydroxyl groups is 2. The molecule has 0 spiro atoms. The van der Waals surface area contributed by atoms with E-state index < -0.39 is 5.21 Å². The van der Waals surface area contributed by atoms with Crippen molar-refractivity contribution in [2.75, 3.05) is 13.2 Å². The molecular weight excluding hydrogens is 102 g/mol. The molecule has 0 rings (SSSR count). The second kappa shape index (κ2) is 3.15. The van der Waals surface area contributed by atoms with Crippen LogP contribution in [0.15, 0.2) is 0 Å². The van der Waals surface area contributed by atoms with Gasteiger partial charge in [0.25, 0.3) is 0 Å². The summed E-state index contributed by atoms with van der Waals surface area (Å²) in [5.41, 5.74) is 0. The molecule has 0 fully saturated rings. The molecule has 0 atom stereocenters. The zero-order valence-electron chi connectivity index (χ0n) is 4.67. The van der Waals surface area contributed by atoms with Crippen molar-refractivity contribution in [1.82, 2.24) is 0 Å². The van der Waals surface area contributed by atoms with Crippen LogP contribution in [-0.4, -0.2) is 39.1 Å². The molecular formula is C4H8B2O2. The Hall–Kier alpha value is 0.0499. The Morgan fingerprint density at radius 3 is 1.88 bits per heavy atom. The standard InChI is InChI=1S/C4H8B2O2/c5-4(6,3-8)1-2-7/h7-8H,1-3H2. The van der Waals surface area contributed by atoms with Gasteiger partial charge in [-0.2, -0.15) is 0 Å². The molecule has 0 saturated heterocycles. The third-order valence-corrected chi connectivity index (χ3v) is 0.872. The predicted octanol–water partition coefficient (Wildman–Crippen LogP) is -1.19. The zero-order valence-corrected chi connectivity index (χ0v) is 4.67. The molecule has 2 N–H and O–H groups in total.